The van der Waals surface area contributed by atoms with Crippen molar-refractivity contribution in [1.29, 1.82) is 0 Å². The highest BCUT2D eigenvalue weighted by molar-refractivity contribution is 6.76. The van der Waals surface area contributed by atoms with Crippen molar-refractivity contribution >= 4 is 30.6 Å². The van der Waals surface area contributed by atoms with E-state index in [4.69, 9.17) is 21.4 Å². The van der Waals surface area contributed by atoms with Gasteiger partial charge in [-0.3, -0.25) is 0 Å². The molecule has 7 heteroatoms. The fourth-order valence-corrected chi connectivity index (χ4v) is 3.51. The van der Waals surface area contributed by atoms with Crippen LogP contribution in [0.2, 0.25) is 30.8 Å². The zero-order chi connectivity index (χ0) is 18.0. The van der Waals surface area contributed by atoms with E-state index in [1.807, 2.05) is 10.7 Å². The van der Waals surface area contributed by atoms with Crippen LogP contribution in [0.4, 0.5) is 0 Å². The quantitative estimate of drug-likeness (QED) is 0.354. The molecule has 0 radical (unpaired) electrons. The fraction of sp³-hybridized carbons (Fsp3) is 0.389. The lowest BCUT2D eigenvalue weighted by Crippen LogP contribution is -2.22. The Labute approximate surface area is 154 Å². The third kappa shape index (κ3) is 4.45. The normalized spacial score (nSPS) is 12.0. The van der Waals surface area contributed by atoms with Gasteiger partial charge in [0, 0.05) is 26.1 Å². The molecule has 0 spiro atoms. The molecular weight excluding hydrogens is 352 g/mol. The minimum atomic E-state index is -1.11. The highest BCUT2D eigenvalue weighted by Crippen LogP contribution is 2.29. The Morgan fingerprint density at radius 1 is 1.16 bits per heavy atom. The standard InChI is InChI=1S/C18H23ClN4OSi/c1-13-5-6-15-14(9-13)18(16-10-17(19)21-11-20-16)23(22-15)12-24-7-8-25(2,3)4/h5-6,9-11H,7-8,12H2,1-4H3. The molecule has 0 N–H and O–H groups in total. The van der Waals surface area contributed by atoms with E-state index in [2.05, 4.69) is 48.7 Å². The molecule has 0 bridgehead atoms. The van der Waals surface area contributed by atoms with Crippen molar-refractivity contribution in [2.45, 2.75) is 39.3 Å². The summed E-state index contributed by atoms with van der Waals surface area (Å²) in [6, 6.07) is 9.09. The first-order chi connectivity index (χ1) is 11.8. The van der Waals surface area contributed by atoms with E-state index in [1.165, 1.54) is 11.9 Å². The Bertz CT molecular complexity index is 888. The first-order valence-corrected chi connectivity index (χ1v) is 12.4. The van der Waals surface area contributed by atoms with Crippen molar-refractivity contribution in [3.8, 4) is 11.4 Å². The van der Waals surface area contributed by atoms with Crippen molar-refractivity contribution in [2.75, 3.05) is 6.61 Å². The van der Waals surface area contributed by atoms with E-state index < -0.39 is 8.07 Å². The van der Waals surface area contributed by atoms with Crippen LogP contribution in [-0.4, -0.2) is 34.4 Å². The summed E-state index contributed by atoms with van der Waals surface area (Å²) in [5.74, 6) is 0. The van der Waals surface area contributed by atoms with Crippen LogP contribution in [0, 0.1) is 6.92 Å². The second-order valence-electron chi connectivity index (χ2n) is 7.44. The van der Waals surface area contributed by atoms with E-state index in [0.717, 1.165) is 34.9 Å². The van der Waals surface area contributed by atoms with Gasteiger partial charge in [0.25, 0.3) is 0 Å². The summed E-state index contributed by atoms with van der Waals surface area (Å²) < 4.78 is 7.77. The van der Waals surface area contributed by atoms with Crippen molar-refractivity contribution in [3.63, 3.8) is 0 Å². The smallest absolute Gasteiger partial charge is 0.140 e. The molecule has 0 saturated carbocycles. The molecular formula is C18H23ClN4OSi. The lowest BCUT2D eigenvalue weighted by atomic mass is 10.1. The Balaban J connectivity index is 1.95. The van der Waals surface area contributed by atoms with Crippen LogP contribution in [0.1, 0.15) is 5.56 Å². The van der Waals surface area contributed by atoms with Gasteiger partial charge in [-0.1, -0.05) is 42.9 Å². The van der Waals surface area contributed by atoms with Crippen molar-refractivity contribution in [3.05, 3.63) is 41.3 Å². The molecule has 0 unspecified atom stereocenters. The minimum absolute atomic E-state index is 0.398. The summed E-state index contributed by atoms with van der Waals surface area (Å²) in [4.78, 5) is 8.36. The van der Waals surface area contributed by atoms with Gasteiger partial charge < -0.3 is 4.74 Å². The van der Waals surface area contributed by atoms with Crippen LogP contribution in [0.3, 0.4) is 0 Å². The highest BCUT2D eigenvalue weighted by Gasteiger charge is 2.16. The predicted octanol–water partition coefficient (Wildman–Crippen LogP) is 4.77. The molecule has 5 nitrogen and oxygen atoms in total. The van der Waals surface area contributed by atoms with E-state index in [0.29, 0.717) is 11.9 Å². The molecule has 0 atom stereocenters. The van der Waals surface area contributed by atoms with E-state index in [1.54, 1.807) is 6.07 Å². The Hall–Kier alpha value is -1.76. The molecule has 2 heterocycles. The zero-order valence-electron chi connectivity index (χ0n) is 15.1. The van der Waals surface area contributed by atoms with Crippen LogP contribution >= 0.6 is 11.6 Å². The van der Waals surface area contributed by atoms with Gasteiger partial charge in [-0.05, 0) is 25.1 Å². The van der Waals surface area contributed by atoms with Crippen molar-refractivity contribution in [1.82, 2.24) is 19.7 Å². The first kappa shape index (κ1) is 18.0. The summed E-state index contributed by atoms with van der Waals surface area (Å²) in [5.41, 5.74) is 3.76. The van der Waals surface area contributed by atoms with Gasteiger partial charge in [0.15, 0.2) is 0 Å². The number of benzene rings is 1. The maximum atomic E-state index is 6.07. The SMILES string of the molecule is Cc1ccc2nn(COCC[Si](C)(C)C)c(-c3cc(Cl)ncn3)c2c1. The number of ether oxygens (including phenoxy) is 1. The Morgan fingerprint density at radius 3 is 2.68 bits per heavy atom. The van der Waals surface area contributed by atoms with Gasteiger partial charge in [0.05, 0.1) is 16.9 Å². The van der Waals surface area contributed by atoms with Crippen LogP contribution in [-0.2, 0) is 11.5 Å². The molecule has 0 aliphatic carbocycles. The topological polar surface area (TPSA) is 52.8 Å². The first-order valence-electron chi connectivity index (χ1n) is 8.36. The third-order valence-electron chi connectivity index (χ3n) is 3.98. The maximum Gasteiger partial charge on any atom is 0.140 e. The second kappa shape index (κ2) is 7.23. The molecule has 132 valence electrons. The number of hydrogen-bond donors (Lipinski definition) is 0. The average molecular weight is 375 g/mol. The van der Waals surface area contributed by atoms with Crippen molar-refractivity contribution in [2.24, 2.45) is 0 Å². The zero-order valence-corrected chi connectivity index (χ0v) is 16.8. The lowest BCUT2D eigenvalue weighted by molar-refractivity contribution is 0.0802. The molecule has 1 aromatic carbocycles. The van der Waals surface area contributed by atoms with E-state index in [9.17, 15) is 0 Å². The summed E-state index contributed by atoms with van der Waals surface area (Å²) in [5, 5.41) is 6.15. The molecule has 0 saturated heterocycles. The average Bonchev–Trinajstić information content (AvgIpc) is 2.88. The van der Waals surface area contributed by atoms with Crippen LogP contribution in [0.15, 0.2) is 30.6 Å². The van der Waals surface area contributed by atoms with Gasteiger partial charge in [-0.15, -0.1) is 0 Å². The maximum absolute atomic E-state index is 6.07. The molecule has 25 heavy (non-hydrogen) atoms. The number of nitrogens with zero attached hydrogens (tertiary/aromatic N) is 4. The van der Waals surface area contributed by atoms with Gasteiger partial charge in [0.2, 0.25) is 0 Å². The number of hydrogen-bond acceptors (Lipinski definition) is 4. The third-order valence-corrected chi connectivity index (χ3v) is 5.89. The monoisotopic (exact) mass is 374 g/mol. The van der Waals surface area contributed by atoms with Crippen LogP contribution < -0.4 is 0 Å². The molecule has 0 aliphatic heterocycles. The fourth-order valence-electron chi connectivity index (χ4n) is 2.60. The predicted molar refractivity (Wildman–Crippen MR) is 105 cm³/mol. The van der Waals surface area contributed by atoms with E-state index in [-0.39, 0.29) is 0 Å². The summed E-state index contributed by atoms with van der Waals surface area (Å²) in [7, 11) is -1.11. The minimum Gasteiger partial charge on any atom is -0.360 e. The lowest BCUT2D eigenvalue weighted by Gasteiger charge is -2.15. The van der Waals surface area contributed by atoms with E-state index >= 15 is 0 Å². The second-order valence-corrected chi connectivity index (χ2v) is 13.5. The van der Waals surface area contributed by atoms with Crippen LogP contribution in [0.5, 0.6) is 0 Å². The Kier molecular flexibility index (Phi) is 5.22. The molecule has 0 fully saturated rings. The number of rotatable bonds is 6. The van der Waals surface area contributed by atoms with Crippen LogP contribution in [0.25, 0.3) is 22.3 Å². The molecule has 0 aliphatic rings. The summed E-state index contributed by atoms with van der Waals surface area (Å²) >= 11 is 6.07. The number of fused-ring (bicyclic) bond motifs is 1. The molecule has 2 aromatic heterocycles. The van der Waals surface area contributed by atoms with Gasteiger partial charge >= 0.3 is 0 Å². The van der Waals surface area contributed by atoms with Crippen molar-refractivity contribution < 1.29 is 4.74 Å². The largest absolute Gasteiger partial charge is 0.360 e. The van der Waals surface area contributed by atoms with Gasteiger partial charge in [-0.2, -0.15) is 5.10 Å². The Morgan fingerprint density at radius 2 is 1.96 bits per heavy atom. The highest BCUT2D eigenvalue weighted by atomic mass is 35.5. The number of aryl methyl sites for hydroxylation is 1. The summed E-state index contributed by atoms with van der Waals surface area (Å²) in [6.45, 7) is 10.2. The van der Waals surface area contributed by atoms with Gasteiger partial charge in [0.1, 0.15) is 18.2 Å². The molecule has 3 rings (SSSR count). The molecule has 3 aromatic rings. The summed E-state index contributed by atoms with van der Waals surface area (Å²) in [6.07, 6.45) is 1.47. The molecule has 0 amide bonds. The number of halogens is 1. The number of aromatic nitrogens is 4. The van der Waals surface area contributed by atoms with Gasteiger partial charge in [-0.25, -0.2) is 14.6 Å².